The van der Waals surface area contributed by atoms with Crippen LogP contribution >= 0.6 is 0 Å². The molecule has 0 amide bonds. The molecular formula is C74H120O6. The number of ether oxygens (including phenoxy) is 3. The largest absolute Gasteiger partial charge is 0.462 e. The zero-order valence-electron chi connectivity index (χ0n) is 51.8. The second-order valence-corrected chi connectivity index (χ2v) is 21.3. The van der Waals surface area contributed by atoms with Gasteiger partial charge in [-0.15, -0.1) is 0 Å². The third-order valence-corrected chi connectivity index (χ3v) is 13.5. The minimum Gasteiger partial charge on any atom is -0.462 e. The van der Waals surface area contributed by atoms with E-state index in [1.54, 1.807) is 0 Å². The summed E-state index contributed by atoms with van der Waals surface area (Å²) in [5.41, 5.74) is 0. The van der Waals surface area contributed by atoms with E-state index in [0.717, 1.165) is 135 Å². The van der Waals surface area contributed by atoms with Crippen LogP contribution < -0.4 is 0 Å². The fraction of sp³-hybridized carbons (Fsp3) is 0.635. The SMILES string of the molecule is CC/C=C\C/C=C\C/C=C\C/C=C\C/C=C\C/C=C\C/C=C\C/C=C\CCCCC(=O)OCC(COC(=O)CCCCCCC/C=C\CCCCC)OC(=O)CCCCCCCCCC/C=C\C/C=C\C/C=C\CCCCCCC. The highest BCUT2D eigenvalue weighted by Gasteiger charge is 2.19. The molecule has 0 heterocycles. The molecular weight excluding hydrogens is 985 g/mol. The van der Waals surface area contributed by atoms with Crippen molar-refractivity contribution in [3.63, 3.8) is 0 Å². The van der Waals surface area contributed by atoms with Gasteiger partial charge in [0, 0.05) is 19.3 Å². The summed E-state index contributed by atoms with van der Waals surface area (Å²) in [7, 11) is 0. The molecule has 80 heavy (non-hydrogen) atoms. The second kappa shape index (κ2) is 66.8. The average Bonchev–Trinajstić information content (AvgIpc) is 3.46. The summed E-state index contributed by atoms with van der Waals surface area (Å²) < 4.78 is 16.9. The van der Waals surface area contributed by atoms with Crippen molar-refractivity contribution in [1.29, 1.82) is 0 Å². The van der Waals surface area contributed by atoms with E-state index in [4.69, 9.17) is 14.2 Å². The molecule has 0 fully saturated rings. The summed E-state index contributed by atoms with van der Waals surface area (Å²) in [6.07, 6.45) is 95.7. The average molecular weight is 1110 g/mol. The summed E-state index contributed by atoms with van der Waals surface area (Å²) in [6.45, 7) is 6.44. The molecule has 0 aromatic carbocycles. The number of allylic oxidation sites excluding steroid dienone is 24. The van der Waals surface area contributed by atoms with E-state index >= 15 is 0 Å². The summed E-state index contributed by atoms with van der Waals surface area (Å²) in [4.78, 5) is 38.3. The molecule has 0 aliphatic carbocycles. The maximum Gasteiger partial charge on any atom is 0.306 e. The highest BCUT2D eigenvalue weighted by molar-refractivity contribution is 5.71. The maximum atomic E-state index is 12.9. The van der Waals surface area contributed by atoms with Gasteiger partial charge in [0.15, 0.2) is 6.10 Å². The Morgan fingerprint density at radius 3 is 0.825 bits per heavy atom. The highest BCUT2D eigenvalue weighted by Crippen LogP contribution is 2.14. The van der Waals surface area contributed by atoms with Crippen LogP contribution in [0.3, 0.4) is 0 Å². The third kappa shape index (κ3) is 64.1. The molecule has 6 heteroatoms. The fourth-order valence-electron chi connectivity index (χ4n) is 8.64. The Labute approximate surface area is 493 Å². The molecule has 0 rings (SSSR count). The first-order chi connectivity index (χ1) is 39.5. The van der Waals surface area contributed by atoms with Crippen molar-refractivity contribution in [2.75, 3.05) is 13.2 Å². The second-order valence-electron chi connectivity index (χ2n) is 21.3. The van der Waals surface area contributed by atoms with Gasteiger partial charge in [0.1, 0.15) is 13.2 Å². The van der Waals surface area contributed by atoms with E-state index in [1.165, 1.54) is 103 Å². The molecule has 0 bridgehead atoms. The molecule has 1 unspecified atom stereocenters. The Kier molecular flexibility index (Phi) is 62.9. The molecule has 0 aromatic heterocycles. The summed E-state index contributed by atoms with van der Waals surface area (Å²) in [5.74, 6) is -0.966. The van der Waals surface area contributed by atoms with Gasteiger partial charge in [-0.25, -0.2) is 0 Å². The molecule has 0 radical (unpaired) electrons. The van der Waals surface area contributed by atoms with E-state index in [1.807, 2.05) is 0 Å². The number of carbonyl (C=O) groups is 3. The van der Waals surface area contributed by atoms with Gasteiger partial charge in [-0.05, 0) is 148 Å². The Hall–Kier alpha value is -4.71. The van der Waals surface area contributed by atoms with Crippen LogP contribution in [0.1, 0.15) is 284 Å². The molecule has 0 saturated carbocycles. The molecule has 0 saturated heterocycles. The van der Waals surface area contributed by atoms with Crippen molar-refractivity contribution in [3.05, 3.63) is 146 Å². The predicted molar refractivity (Wildman–Crippen MR) is 348 cm³/mol. The van der Waals surface area contributed by atoms with Crippen LogP contribution in [-0.2, 0) is 28.6 Å². The molecule has 1 atom stereocenters. The quantitative estimate of drug-likeness (QED) is 0.0261. The topological polar surface area (TPSA) is 78.9 Å². The lowest BCUT2D eigenvalue weighted by atomic mass is 10.1. The Morgan fingerprint density at radius 1 is 0.263 bits per heavy atom. The highest BCUT2D eigenvalue weighted by atomic mass is 16.6. The first-order valence-corrected chi connectivity index (χ1v) is 32.8. The molecule has 0 aliphatic rings. The normalized spacial score (nSPS) is 13.1. The zero-order chi connectivity index (χ0) is 57.8. The summed E-state index contributed by atoms with van der Waals surface area (Å²) in [6, 6.07) is 0. The van der Waals surface area contributed by atoms with E-state index in [9.17, 15) is 14.4 Å². The zero-order valence-corrected chi connectivity index (χ0v) is 51.8. The number of unbranched alkanes of at least 4 members (excludes halogenated alkanes) is 23. The first-order valence-electron chi connectivity index (χ1n) is 32.8. The fourth-order valence-corrected chi connectivity index (χ4v) is 8.64. The van der Waals surface area contributed by atoms with Crippen LogP contribution in [0.5, 0.6) is 0 Å². The molecule has 0 aliphatic heterocycles. The van der Waals surface area contributed by atoms with Gasteiger partial charge in [-0.2, -0.15) is 0 Å². The van der Waals surface area contributed by atoms with Gasteiger partial charge in [-0.1, -0.05) is 263 Å². The van der Waals surface area contributed by atoms with Gasteiger partial charge in [0.2, 0.25) is 0 Å². The molecule has 0 aromatic rings. The van der Waals surface area contributed by atoms with Crippen molar-refractivity contribution in [1.82, 2.24) is 0 Å². The van der Waals surface area contributed by atoms with E-state index < -0.39 is 6.10 Å². The number of hydrogen-bond acceptors (Lipinski definition) is 6. The van der Waals surface area contributed by atoms with Crippen LogP contribution in [-0.4, -0.2) is 37.2 Å². The third-order valence-electron chi connectivity index (χ3n) is 13.5. The smallest absolute Gasteiger partial charge is 0.306 e. The van der Waals surface area contributed by atoms with Crippen molar-refractivity contribution >= 4 is 17.9 Å². The molecule has 6 nitrogen and oxygen atoms in total. The minimum absolute atomic E-state index is 0.104. The monoisotopic (exact) mass is 1100 g/mol. The molecule has 0 N–H and O–H groups in total. The number of hydrogen-bond donors (Lipinski definition) is 0. The Balaban J connectivity index is 4.44. The van der Waals surface area contributed by atoms with Gasteiger partial charge in [-0.3, -0.25) is 14.4 Å². The standard InChI is InChI=1S/C74H120O6/c1-4-7-10-13-16-19-22-25-27-29-31-33-35-36-37-38-40-41-43-45-47-49-52-55-58-61-64-67-73(76)79-70-71(69-78-72(75)66-63-60-57-54-51-24-21-18-15-12-9-6-3)80-74(77)68-65-62-59-56-53-50-48-46-44-42-39-34-32-30-28-26-23-20-17-14-11-8-5-2/h7,10,16,18-19,21,23,25-27,30-33,36-37,39-42,45,47,52,55,71H,4-6,8-9,11-15,17,20,22,24,28-29,34-35,38,43-44,46,48-51,53-54,56-70H2,1-3H3/b10-7-,19-16-,21-18-,26-23-,27-25-,32-30-,33-31-,37-36-,41-40-,42-39-,47-45-,55-52-. The summed E-state index contributed by atoms with van der Waals surface area (Å²) in [5, 5.41) is 0. The van der Waals surface area contributed by atoms with Gasteiger partial charge in [0.05, 0.1) is 0 Å². The van der Waals surface area contributed by atoms with E-state index in [0.29, 0.717) is 25.7 Å². The first kappa shape index (κ1) is 75.3. The Bertz CT molecular complexity index is 1750. The van der Waals surface area contributed by atoms with Gasteiger partial charge >= 0.3 is 17.9 Å². The number of rotatable bonds is 58. The van der Waals surface area contributed by atoms with Crippen LogP contribution in [0.4, 0.5) is 0 Å². The maximum absolute atomic E-state index is 12.9. The van der Waals surface area contributed by atoms with Crippen LogP contribution in [0, 0.1) is 0 Å². The van der Waals surface area contributed by atoms with E-state index in [2.05, 4.69) is 167 Å². The lowest BCUT2D eigenvalue weighted by Crippen LogP contribution is -2.30. The predicted octanol–water partition coefficient (Wildman–Crippen LogP) is 22.7. The van der Waals surface area contributed by atoms with E-state index in [-0.39, 0.29) is 31.1 Å². The lowest BCUT2D eigenvalue weighted by molar-refractivity contribution is -0.167. The Morgan fingerprint density at radius 2 is 0.487 bits per heavy atom. The van der Waals surface area contributed by atoms with Gasteiger partial charge in [0.25, 0.3) is 0 Å². The van der Waals surface area contributed by atoms with Crippen LogP contribution in [0.25, 0.3) is 0 Å². The lowest BCUT2D eigenvalue weighted by Gasteiger charge is -2.18. The van der Waals surface area contributed by atoms with Crippen LogP contribution in [0.15, 0.2) is 146 Å². The molecule has 452 valence electrons. The minimum atomic E-state index is -0.811. The summed E-state index contributed by atoms with van der Waals surface area (Å²) >= 11 is 0. The van der Waals surface area contributed by atoms with Crippen molar-refractivity contribution in [2.45, 2.75) is 290 Å². The molecule has 0 spiro atoms. The van der Waals surface area contributed by atoms with Crippen LogP contribution in [0.2, 0.25) is 0 Å². The number of esters is 3. The van der Waals surface area contributed by atoms with Gasteiger partial charge < -0.3 is 14.2 Å². The number of carbonyl (C=O) groups excluding carboxylic acids is 3. The van der Waals surface area contributed by atoms with Crippen molar-refractivity contribution in [2.24, 2.45) is 0 Å². The van der Waals surface area contributed by atoms with Crippen molar-refractivity contribution in [3.8, 4) is 0 Å². The van der Waals surface area contributed by atoms with Crippen molar-refractivity contribution < 1.29 is 28.6 Å².